The van der Waals surface area contributed by atoms with E-state index in [4.69, 9.17) is 11.6 Å². The fourth-order valence-electron chi connectivity index (χ4n) is 4.03. The Bertz CT molecular complexity index is 929. The number of likely N-dealkylation sites (tertiary alicyclic amines) is 1. The van der Waals surface area contributed by atoms with Crippen LogP contribution >= 0.6 is 11.6 Å². The fourth-order valence-corrected chi connectivity index (χ4v) is 4.15. The molecule has 2 N–H and O–H groups in total. The van der Waals surface area contributed by atoms with Crippen LogP contribution in [0.15, 0.2) is 54.7 Å². The van der Waals surface area contributed by atoms with Crippen LogP contribution in [0.2, 0.25) is 5.02 Å². The van der Waals surface area contributed by atoms with Gasteiger partial charge in [-0.25, -0.2) is 0 Å². The van der Waals surface area contributed by atoms with E-state index < -0.39 is 6.10 Å². The summed E-state index contributed by atoms with van der Waals surface area (Å²) in [5.74, 6) is -0.252. The third kappa shape index (κ3) is 3.65. The van der Waals surface area contributed by atoms with Crippen molar-refractivity contribution < 1.29 is 9.90 Å². The maximum absolute atomic E-state index is 13.2. The number of fused-ring (bicyclic) bond motifs is 1. The van der Waals surface area contributed by atoms with Crippen LogP contribution in [-0.4, -0.2) is 40.0 Å². The van der Waals surface area contributed by atoms with Gasteiger partial charge in [0.25, 0.3) is 0 Å². The van der Waals surface area contributed by atoms with Crippen LogP contribution in [-0.2, 0) is 0 Å². The summed E-state index contributed by atoms with van der Waals surface area (Å²) in [7, 11) is 0. The lowest BCUT2D eigenvalue weighted by Gasteiger charge is -2.37. The van der Waals surface area contributed by atoms with Gasteiger partial charge >= 0.3 is 0 Å². The molecule has 0 amide bonds. The number of ketones is 1. The average molecular weight is 383 g/mol. The van der Waals surface area contributed by atoms with E-state index in [0.717, 1.165) is 42.4 Å². The Morgan fingerprint density at radius 1 is 1.04 bits per heavy atom. The summed E-state index contributed by atoms with van der Waals surface area (Å²) in [5.41, 5.74) is 2.35. The number of hydrogen-bond donors (Lipinski definition) is 2. The summed E-state index contributed by atoms with van der Waals surface area (Å²) in [4.78, 5) is 18.6. The van der Waals surface area contributed by atoms with Crippen LogP contribution in [0.25, 0.3) is 10.9 Å². The maximum Gasteiger partial charge on any atom is 0.195 e. The van der Waals surface area contributed by atoms with Crippen molar-refractivity contribution in [3.63, 3.8) is 0 Å². The zero-order chi connectivity index (χ0) is 18.8. The number of aliphatic hydroxyl groups is 1. The highest BCUT2D eigenvalue weighted by atomic mass is 35.5. The second-order valence-electron chi connectivity index (χ2n) is 7.15. The lowest BCUT2D eigenvalue weighted by molar-refractivity contribution is 0.0324. The third-order valence-corrected chi connectivity index (χ3v) is 5.67. The first-order valence-electron chi connectivity index (χ1n) is 9.43. The fraction of sp³-hybridized carbons (Fsp3) is 0.318. The van der Waals surface area contributed by atoms with Gasteiger partial charge in [-0.3, -0.25) is 9.69 Å². The Balaban J connectivity index is 1.69. The van der Waals surface area contributed by atoms with E-state index in [-0.39, 0.29) is 11.8 Å². The molecule has 27 heavy (non-hydrogen) atoms. The zero-order valence-electron chi connectivity index (χ0n) is 15.1. The molecular weight excluding hydrogens is 360 g/mol. The molecule has 5 heteroatoms. The van der Waals surface area contributed by atoms with Gasteiger partial charge in [0.1, 0.15) is 6.10 Å². The number of aromatic amines is 1. The van der Waals surface area contributed by atoms with Crippen molar-refractivity contribution in [1.82, 2.24) is 9.88 Å². The molecule has 0 aliphatic carbocycles. The molecule has 0 bridgehead atoms. The molecule has 0 unspecified atom stereocenters. The number of H-pyrrole nitrogens is 1. The number of nitrogens with zero attached hydrogens (tertiary/aromatic N) is 1. The van der Waals surface area contributed by atoms with Crippen LogP contribution < -0.4 is 0 Å². The van der Waals surface area contributed by atoms with Gasteiger partial charge in [-0.05, 0) is 49.7 Å². The highest BCUT2D eigenvalue weighted by Crippen LogP contribution is 2.31. The lowest BCUT2D eigenvalue weighted by Crippen LogP contribution is -2.43. The third-order valence-electron chi connectivity index (χ3n) is 5.42. The van der Waals surface area contributed by atoms with Gasteiger partial charge in [0, 0.05) is 27.7 Å². The van der Waals surface area contributed by atoms with Crippen LogP contribution in [0.3, 0.4) is 0 Å². The number of hydrogen-bond acceptors (Lipinski definition) is 3. The molecule has 0 spiro atoms. The topological polar surface area (TPSA) is 56.3 Å². The number of piperidine rings is 1. The Hall–Kier alpha value is -2.14. The van der Waals surface area contributed by atoms with Crippen molar-refractivity contribution >= 4 is 28.3 Å². The van der Waals surface area contributed by atoms with E-state index in [1.165, 1.54) is 6.42 Å². The van der Waals surface area contributed by atoms with Crippen molar-refractivity contribution in [2.24, 2.45) is 0 Å². The number of benzene rings is 2. The van der Waals surface area contributed by atoms with Crippen LogP contribution in [0.4, 0.5) is 0 Å². The number of carbonyl (C=O) groups is 1. The van der Waals surface area contributed by atoms with E-state index in [1.807, 2.05) is 48.5 Å². The molecule has 1 aliphatic heterocycles. The standard InChI is InChI=1S/C22H23ClN2O2/c23-16-10-8-15(9-11-16)20(25-12-4-1-5-13-25)22(27)21(26)18-14-24-19-7-3-2-6-17(18)19/h2-3,6-11,14,20,22,24,27H,1,4-5,12-13H2/t20-,22+/m0/s1. The van der Waals surface area contributed by atoms with Crippen LogP contribution in [0.5, 0.6) is 0 Å². The molecule has 1 fully saturated rings. The molecule has 140 valence electrons. The highest BCUT2D eigenvalue weighted by Gasteiger charge is 2.34. The average Bonchev–Trinajstić information content (AvgIpc) is 3.14. The molecule has 4 nitrogen and oxygen atoms in total. The monoisotopic (exact) mass is 382 g/mol. The van der Waals surface area contributed by atoms with E-state index in [9.17, 15) is 9.90 Å². The molecule has 2 aromatic carbocycles. The molecule has 0 radical (unpaired) electrons. The van der Waals surface area contributed by atoms with Crippen LogP contribution in [0.1, 0.15) is 41.2 Å². The number of aromatic nitrogens is 1. The lowest BCUT2D eigenvalue weighted by atomic mass is 9.92. The molecule has 0 saturated carbocycles. The van der Waals surface area contributed by atoms with E-state index in [2.05, 4.69) is 9.88 Å². The number of halogens is 1. The summed E-state index contributed by atoms with van der Waals surface area (Å²) >= 11 is 6.04. The molecule has 2 atom stereocenters. The number of Topliss-reactive ketones (excluding diaryl/α,β-unsaturated/α-hetero) is 1. The number of rotatable bonds is 5. The van der Waals surface area contributed by atoms with Crippen molar-refractivity contribution in [2.45, 2.75) is 31.4 Å². The van der Waals surface area contributed by atoms with Gasteiger partial charge in [0.05, 0.1) is 6.04 Å². The Morgan fingerprint density at radius 2 is 1.74 bits per heavy atom. The van der Waals surface area contributed by atoms with Gasteiger partial charge in [-0.2, -0.15) is 0 Å². The SMILES string of the molecule is O=C(c1c[nH]c2ccccc12)[C@H](O)[C@H](c1ccc(Cl)cc1)N1CCCCC1. The summed E-state index contributed by atoms with van der Waals surface area (Å²) in [6.45, 7) is 1.76. The number of carbonyl (C=O) groups excluding carboxylic acids is 1. The minimum atomic E-state index is -1.14. The van der Waals surface area contributed by atoms with Crippen LogP contribution in [0, 0.1) is 0 Å². The molecule has 3 aromatic rings. The second-order valence-corrected chi connectivity index (χ2v) is 7.59. The summed E-state index contributed by atoms with van der Waals surface area (Å²) in [6, 6.07) is 14.7. The first kappa shape index (κ1) is 18.2. The maximum atomic E-state index is 13.2. The molecule has 1 saturated heterocycles. The van der Waals surface area contributed by atoms with Gasteiger partial charge in [0.2, 0.25) is 0 Å². The van der Waals surface area contributed by atoms with Crippen molar-refractivity contribution in [2.75, 3.05) is 13.1 Å². The van der Waals surface area contributed by atoms with E-state index in [0.29, 0.717) is 10.6 Å². The largest absolute Gasteiger partial charge is 0.383 e. The molecule has 4 rings (SSSR count). The minimum Gasteiger partial charge on any atom is -0.383 e. The summed E-state index contributed by atoms with van der Waals surface area (Å²) < 4.78 is 0. The first-order chi connectivity index (χ1) is 13.1. The second kappa shape index (κ2) is 7.85. The summed E-state index contributed by atoms with van der Waals surface area (Å²) in [6.07, 6.45) is 3.92. The van der Waals surface area contributed by atoms with Gasteiger partial charge in [-0.1, -0.05) is 48.4 Å². The highest BCUT2D eigenvalue weighted by molar-refractivity contribution is 6.30. The first-order valence-corrected chi connectivity index (χ1v) is 9.81. The minimum absolute atomic E-state index is 0.252. The van der Waals surface area contributed by atoms with Gasteiger partial charge in [0.15, 0.2) is 5.78 Å². The smallest absolute Gasteiger partial charge is 0.195 e. The molecule has 1 aliphatic rings. The van der Waals surface area contributed by atoms with Crippen molar-refractivity contribution in [1.29, 1.82) is 0 Å². The molecular formula is C22H23ClN2O2. The van der Waals surface area contributed by atoms with Gasteiger partial charge in [-0.15, -0.1) is 0 Å². The summed E-state index contributed by atoms with van der Waals surface area (Å²) in [5, 5.41) is 12.6. The van der Waals surface area contributed by atoms with Crippen molar-refractivity contribution in [3.05, 3.63) is 70.9 Å². The number of aliphatic hydroxyl groups excluding tert-OH is 1. The molecule has 2 heterocycles. The number of nitrogens with one attached hydrogen (secondary N) is 1. The molecule has 1 aromatic heterocycles. The Labute approximate surface area is 163 Å². The Kier molecular flexibility index (Phi) is 5.30. The number of para-hydroxylation sites is 1. The van der Waals surface area contributed by atoms with Gasteiger partial charge < -0.3 is 10.1 Å². The normalized spacial score (nSPS) is 17.7. The quantitative estimate of drug-likeness (QED) is 0.634. The predicted molar refractivity (Wildman–Crippen MR) is 108 cm³/mol. The van der Waals surface area contributed by atoms with E-state index in [1.54, 1.807) is 6.20 Å². The predicted octanol–water partition coefficient (Wildman–Crippen LogP) is 4.59. The zero-order valence-corrected chi connectivity index (χ0v) is 15.8. The Morgan fingerprint density at radius 3 is 2.48 bits per heavy atom. The van der Waals surface area contributed by atoms with E-state index >= 15 is 0 Å². The van der Waals surface area contributed by atoms with Crippen molar-refractivity contribution in [3.8, 4) is 0 Å².